The minimum absolute atomic E-state index is 0.402. The fourth-order valence-corrected chi connectivity index (χ4v) is 3.70. The molecule has 0 radical (unpaired) electrons. The van der Waals surface area contributed by atoms with Gasteiger partial charge < -0.3 is 5.11 Å². The molecule has 1 N–H and O–H groups in total. The summed E-state index contributed by atoms with van der Waals surface area (Å²) in [5.74, 6) is 3.11. The predicted octanol–water partition coefficient (Wildman–Crippen LogP) is 3.60. The molecule has 80 valence electrons. The van der Waals surface area contributed by atoms with Crippen LogP contribution in [0.15, 0.2) is 18.2 Å². The van der Waals surface area contributed by atoms with E-state index >= 15 is 0 Å². The van der Waals surface area contributed by atoms with Crippen molar-refractivity contribution in [2.24, 2.45) is 11.8 Å². The molecular formula is C14H18O. The Kier molecular flexibility index (Phi) is 2.01. The van der Waals surface area contributed by atoms with E-state index in [4.69, 9.17) is 0 Å². The molecule has 0 saturated heterocycles. The van der Waals surface area contributed by atoms with Crippen molar-refractivity contribution in [3.63, 3.8) is 0 Å². The van der Waals surface area contributed by atoms with E-state index < -0.39 is 0 Å². The highest BCUT2D eigenvalue weighted by molar-refractivity contribution is 5.37. The fraction of sp³-hybridized carbons (Fsp3) is 0.571. The number of aromatic hydroxyl groups is 1. The Morgan fingerprint density at radius 3 is 2.67 bits per heavy atom. The molecule has 1 aromatic rings. The minimum Gasteiger partial charge on any atom is -0.508 e. The van der Waals surface area contributed by atoms with Gasteiger partial charge in [-0.25, -0.2) is 0 Å². The van der Waals surface area contributed by atoms with Gasteiger partial charge in [0.2, 0.25) is 0 Å². The molecule has 1 aromatic carbocycles. The first-order valence-electron chi connectivity index (χ1n) is 6.03. The first kappa shape index (κ1) is 9.26. The van der Waals surface area contributed by atoms with E-state index in [1.165, 1.54) is 36.8 Å². The first-order chi connectivity index (χ1) is 7.24. The van der Waals surface area contributed by atoms with Gasteiger partial charge >= 0.3 is 0 Å². The largest absolute Gasteiger partial charge is 0.508 e. The van der Waals surface area contributed by atoms with Gasteiger partial charge in [-0.3, -0.25) is 0 Å². The summed E-state index contributed by atoms with van der Waals surface area (Å²) in [4.78, 5) is 0. The molecule has 2 bridgehead atoms. The highest BCUT2D eigenvalue weighted by Gasteiger charge is 2.40. The number of hydrogen-bond acceptors (Lipinski definition) is 1. The second-order valence-corrected chi connectivity index (χ2v) is 5.32. The van der Waals surface area contributed by atoms with E-state index in [9.17, 15) is 5.11 Å². The summed E-state index contributed by atoms with van der Waals surface area (Å²) >= 11 is 0. The van der Waals surface area contributed by atoms with Crippen molar-refractivity contribution in [2.45, 2.75) is 38.5 Å². The molecule has 0 unspecified atom stereocenters. The lowest BCUT2D eigenvalue weighted by molar-refractivity contribution is 0.417. The van der Waals surface area contributed by atoms with Crippen molar-refractivity contribution in [3.8, 4) is 5.75 Å². The Hall–Kier alpha value is -0.980. The molecule has 0 amide bonds. The zero-order valence-corrected chi connectivity index (χ0v) is 9.24. The van der Waals surface area contributed by atoms with Crippen LogP contribution in [0.5, 0.6) is 5.75 Å². The van der Waals surface area contributed by atoms with Crippen LogP contribution in [0.25, 0.3) is 0 Å². The number of rotatable bonds is 1. The van der Waals surface area contributed by atoms with E-state index in [0.29, 0.717) is 5.75 Å². The van der Waals surface area contributed by atoms with Crippen molar-refractivity contribution in [1.29, 1.82) is 0 Å². The van der Waals surface area contributed by atoms with E-state index in [2.05, 4.69) is 13.0 Å². The van der Waals surface area contributed by atoms with Crippen molar-refractivity contribution in [3.05, 3.63) is 29.3 Å². The van der Waals surface area contributed by atoms with Gasteiger partial charge in [-0.2, -0.15) is 0 Å². The normalized spacial score (nSPS) is 33.5. The van der Waals surface area contributed by atoms with Crippen molar-refractivity contribution in [1.82, 2.24) is 0 Å². The van der Waals surface area contributed by atoms with E-state index in [0.717, 1.165) is 17.8 Å². The summed E-state index contributed by atoms with van der Waals surface area (Å²) in [6.45, 7) is 2.13. The Morgan fingerprint density at radius 2 is 2.07 bits per heavy atom. The Labute approximate surface area is 91.1 Å². The van der Waals surface area contributed by atoms with Crippen LogP contribution in [-0.2, 0) is 0 Å². The van der Waals surface area contributed by atoms with Gasteiger partial charge in [0, 0.05) is 0 Å². The molecule has 1 nitrogen and oxygen atoms in total. The maximum absolute atomic E-state index is 9.41. The lowest BCUT2D eigenvalue weighted by atomic mass is 9.82. The topological polar surface area (TPSA) is 20.2 Å². The molecule has 15 heavy (non-hydrogen) atoms. The Morgan fingerprint density at radius 1 is 1.20 bits per heavy atom. The molecule has 0 aromatic heterocycles. The molecule has 0 spiro atoms. The van der Waals surface area contributed by atoms with E-state index in [1.807, 2.05) is 12.1 Å². The summed E-state index contributed by atoms with van der Waals surface area (Å²) in [6.07, 6.45) is 5.72. The van der Waals surface area contributed by atoms with Crippen molar-refractivity contribution in [2.75, 3.05) is 0 Å². The van der Waals surface area contributed by atoms with Crippen LogP contribution < -0.4 is 0 Å². The van der Waals surface area contributed by atoms with Crippen LogP contribution in [0.3, 0.4) is 0 Å². The lowest BCUT2D eigenvalue weighted by Gasteiger charge is -2.23. The number of hydrogen-bond donors (Lipinski definition) is 1. The summed E-state index contributed by atoms with van der Waals surface area (Å²) in [5, 5.41) is 9.41. The molecule has 2 aliphatic rings. The molecule has 2 fully saturated rings. The highest BCUT2D eigenvalue weighted by Crippen LogP contribution is 2.53. The van der Waals surface area contributed by atoms with Crippen LogP contribution in [-0.4, -0.2) is 5.11 Å². The lowest BCUT2D eigenvalue weighted by Crippen LogP contribution is -2.09. The summed E-state index contributed by atoms with van der Waals surface area (Å²) < 4.78 is 0. The second-order valence-electron chi connectivity index (χ2n) is 5.32. The van der Waals surface area contributed by atoms with Crippen LogP contribution in [0.1, 0.15) is 42.7 Å². The highest BCUT2D eigenvalue weighted by atomic mass is 16.3. The average Bonchev–Trinajstić information content (AvgIpc) is 2.78. The Balaban J connectivity index is 1.93. The van der Waals surface area contributed by atoms with Gasteiger partial charge in [0.25, 0.3) is 0 Å². The fourth-order valence-electron chi connectivity index (χ4n) is 3.70. The van der Waals surface area contributed by atoms with Crippen LogP contribution in [0.2, 0.25) is 0 Å². The third kappa shape index (κ3) is 1.45. The summed E-state index contributed by atoms with van der Waals surface area (Å²) in [7, 11) is 0. The van der Waals surface area contributed by atoms with Crippen LogP contribution >= 0.6 is 0 Å². The second kappa shape index (κ2) is 3.26. The zero-order valence-electron chi connectivity index (χ0n) is 9.24. The maximum Gasteiger partial charge on any atom is 0.115 e. The standard InChI is InChI=1S/C14H18O/c1-9-6-12(15)4-5-13(9)14-8-10-2-3-11(14)7-10/h4-6,10-11,14-15H,2-3,7-8H2,1H3/t10-,11-,14+/m0/s1. The van der Waals surface area contributed by atoms with Gasteiger partial charge in [0.1, 0.15) is 5.75 Å². The van der Waals surface area contributed by atoms with Gasteiger partial charge in [0.15, 0.2) is 0 Å². The van der Waals surface area contributed by atoms with Gasteiger partial charge in [0.05, 0.1) is 0 Å². The quantitative estimate of drug-likeness (QED) is 0.737. The first-order valence-corrected chi connectivity index (χ1v) is 6.03. The average molecular weight is 202 g/mol. The number of phenols is 1. The van der Waals surface area contributed by atoms with Gasteiger partial charge in [-0.05, 0) is 67.2 Å². The number of fused-ring (bicyclic) bond motifs is 2. The van der Waals surface area contributed by atoms with Gasteiger partial charge in [-0.1, -0.05) is 12.5 Å². The molecule has 1 heteroatoms. The van der Waals surface area contributed by atoms with Crippen molar-refractivity contribution >= 4 is 0 Å². The minimum atomic E-state index is 0.402. The predicted molar refractivity (Wildman–Crippen MR) is 61.0 cm³/mol. The SMILES string of the molecule is Cc1cc(O)ccc1[C@@H]1C[C@H]2CC[C@H]1C2. The smallest absolute Gasteiger partial charge is 0.115 e. The number of phenolic OH excluding ortho intramolecular Hbond substituents is 1. The molecule has 2 saturated carbocycles. The summed E-state index contributed by atoms with van der Waals surface area (Å²) in [5.41, 5.74) is 2.76. The monoisotopic (exact) mass is 202 g/mol. The molecule has 0 heterocycles. The molecule has 2 aliphatic carbocycles. The van der Waals surface area contributed by atoms with Gasteiger partial charge in [-0.15, -0.1) is 0 Å². The third-order valence-corrected chi connectivity index (χ3v) is 4.39. The van der Waals surface area contributed by atoms with E-state index in [-0.39, 0.29) is 0 Å². The maximum atomic E-state index is 9.41. The summed E-state index contributed by atoms with van der Waals surface area (Å²) in [6, 6.07) is 5.88. The van der Waals surface area contributed by atoms with Crippen molar-refractivity contribution < 1.29 is 5.11 Å². The zero-order chi connectivity index (χ0) is 10.4. The molecule has 3 rings (SSSR count). The van der Waals surface area contributed by atoms with Crippen LogP contribution in [0.4, 0.5) is 0 Å². The third-order valence-electron chi connectivity index (χ3n) is 4.39. The van der Waals surface area contributed by atoms with E-state index in [1.54, 1.807) is 0 Å². The Bertz CT molecular complexity index is 383. The van der Waals surface area contributed by atoms with Crippen LogP contribution in [0, 0.1) is 18.8 Å². The number of benzene rings is 1. The number of aryl methyl sites for hydroxylation is 1. The molecule has 0 aliphatic heterocycles. The molecule has 3 atom stereocenters. The molecular weight excluding hydrogens is 184 g/mol.